The van der Waals surface area contributed by atoms with Gasteiger partial charge in [0.25, 0.3) is 0 Å². The minimum Gasteiger partial charge on any atom is -0.493 e. The fourth-order valence-corrected chi connectivity index (χ4v) is 2.72. The lowest BCUT2D eigenvalue weighted by Gasteiger charge is -2.24. The third kappa shape index (κ3) is 5.39. The number of nitrogens with one attached hydrogen (secondary N) is 1. The number of benzene rings is 2. The third-order valence-corrected chi connectivity index (χ3v) is 3.99. The lowest BCUT2D eigenvalue weighted by atomic mass is 10.1. The maximum absolute atomic E-state index is 13.6. The Bertz CT molecular complexity index is 632. The van der Waals surface area contributed by atoms with E-state index in [-0.39, 0.29) is 24.3 Å². The van der Waals surface area contributed by atoms with Crippen LogP contribution in [0, 0.1) is 5.82 Å². The lowest BCUT2D eigenvalue weighted by Crippen LogP contribution is -2.34. The minimum absolute atomic E-state index is 0. The molecule has 2 aromatic carbocycles. The second-order valence-electron chi connectivity index (χ2n) is 5.73. The first-order valence-corrected chi connectivity index (χ1v) is 8.15. The van der Waals surface area contributed by atoms with Crippen molar-refractivity contribution in [3.63, 3.8) is 0 Å². The van der Waals surface area contributed by atoms with Gasteiger partial charge in [0, 0.05) is 12.5 Å². The summed E-state index contributed by atoms with van der Waals surface area (Å²) in [4.78, 5) is 0. The molecule has 1 aliphatic rings. The van der Waals surface area contributed by atoms with Gasteiger partial charge in [0.1, 0.15) is 23.4 Å². The van der Waals surface area contributed by atoms with Crippen molar-refractivity contribution in [2.24, 2.45) is 0 Å². The van der Waals surface area contributed by atoms with E-state index in [1.165, 1.54) is 6.07 Å². The highest BCUT2D eigenvalue weighted by atomic mass is 35.5. The molecule has 1 heterocycles. The Morgan fingerprint density at radius 2 is 1.75 bits per heavy atom. The highest BCUT2D eigenvalue weighted by Crippen LogP contribution is 2.22. The van der Waals surface area contributed by atoms with Crippen molar-refractivity contribution in [1.29, 1.82) is 0 Å². The van der Waals surface area contributed by atoms with E-state index in [9.17, 15) is 4.39 Å². The summed E-state index contributed by atoms with van der Waals surface area (Å²) in [6.07, 6.45) is 2.87. The maximum Gasteiger partial charge on any atom is 0.126 e. The van der Waals surface area contributed by atoms with Crippen molar-refractivity contribution >= 4 is 12.4 Å². The van der Waals surface area contributed by atoms with E-state index < -0.39 is 0 Å². The van der Waals surface area contributed by atoms with E-state index in [0.29, 0.717) is 18.6 Å². The molecule has 5 heteroatoms. The van der Waals surface area contributed by atoms with Crippen LogP contribution in [-0.2, 0) is 6.42 Å². The Hall–Kier alpha value is -1.78. The van der Waals surface area contributed by atoms with Gasteiger partial charge in [-0.25, -0.2) is 4.39 Å². The Labute approximate surface area is 148 Å². The van der Waals surface area contributed by atoms with Crippen LogP contribution in [-0.4, -0.2) is 25.8 Å². The molecule has 0 radical (unpaired) electrons. The smallest absolute Gasteiger partial charge is 0.126 e. The summed E-state index contributed by atoms with van der Waals surface area (Å²) in [5.74, 6) is 1.41. The molecule has 0 bridgehead atoms. The number of rotatable bonds is 6. The van der Waals surface area contributed by atoms with E-state index in [1.807, 2.05) is 30.3 Å². The van der Waals surface area contributed by atoms with Gasteiger partial charge in [-0.1, -0.05) is 24.3 Å². The molecule has 130 valence electrons. The molecule has 0 saturated carbocycles. The van der Waals surface area contributed by atoms with E-state index in [1.54, 1.807) is 12.1 Å². The standard InChI is InChI=1S/C19H22FNO2.ClH/c20-19-7-2-1-4-15(19)10-13-22-17-5-3-6-18(14-17)23-16-8-11-21-12-9-16;/h1-7,14,16,21H,8-13H2;1H. The van der Waals surface area contributed by atoms with Crippen molar-refractivity contribution in [2.75, 3.05) is 19.7 Å². The molecular weight excluding hydrogens is 329 g/mol. The summed E-state index contributed by atoms with van der Waals surface area (Å²) in [5, 5.41) is 3.32. The fraction of sp³-hybridized carbons (Fsp3) is 0.368. The second kappa shape index (κ2) is 9.50. The van der Waals surface area contributed by atoms with Gasteiger partial charge in [-0.15, -0.1) is 12.4 Å². The molecular formula is C19H23ClFNO2. The Morgan fingerprint density at radius 1 is 1.00 bits per heavy atom. The van der Waals surface area contributed by atoms with Crippen LogP contribution in [0.1, 0.15) is 18.4 Å². The van der Waals surface area contributed by atoms with Gasteiger partial charge < -0.3 is 14.8 Å². The monoisotopic (exact) mass is 351 g/mol. The zero-order chi connectivity index (χ0) is 15.9. The summed E-state index contributed by atoms with van der Waals surface area (Å²) in [5.41, 5.74) is 0.676. The molecule has 1 fully saturated rings. The highest BCUT2D eigenvalue weighted by molar-refractivity contribution is 5.85. The minimum atomic E-state index is -0.181. The summed E-state index contributed by atoms with van der Waals surface area (Å²) < 4.78 is 25.3. The van der Waals surface area contributed by atoms with E-state index in [4.69, 9.17) is 9.47 Å². The molecule has 1 saturated heterocycles. The van der Waals surface area contributed by atoms with Crippen LogP contribution >= 0.6 is 12.4 Å². The first kappa shape index (κ1) is 18.6. The van der Waals surface area contributed by atoms with Gasteiger partial charge in [0.2, 0.25) is 0 Å². The first-order valence-electron chi connectivity index (χ1n) is 8.15. The van der Waals surface area contributed by atoms with E-state index in [0.717, 1.165) is 37.4 Å². The summed E-state index contributed by atoms with van der Waals surface area (Å²) in [6, 6.07) is 14.5. The van der Waals surface area contributed by atoms with Gasteiger partial charge in [0.15, 0.2) is 0 Å². The number of ether oxygens (including phenoxy) is 2. The Balaban J connectivity index is 0.00000208. The van der Waals surface area contributed by atoms with Gasteiger partial charge >= 0.3 is 0 Å². The molecule has 24 heavy (non-hydrogen) atoms. The molecule has 1 aliphatic heterocycles. The fourth-order valence-electron chi connectivity index (χ4n) is 2.72. The molecule has 0 aromatic heterocycles. The SMILES string of the molecule is Cl.Fc1ccccc1CCOc1cccc(OC2CCNCC2)c1. The van der Waals surface area contributed by atoms with Crippen LogP contribution in [0.25, 0.3) is 0 Å². The Kier molecular flexibility index (Phi) is 7.35. The number of piperidine rings is 1. The van der Waals surface area contributed by atoms with Crippen molar-refractivity contribution in [3.8, 4) is 11.5 Å². The molecule has 2 aromatic rings. The molecule has 0 atom stereocenters. The summed E-state index contributed by atoms with van der Waals surface area (Å²) >= 11 is 0. The molecule has 0 spiro atoms. The number of halogens is 2. The first-order chi connectivity index (χ1) is 11.3. The van der Waals surface area contributed by atoms with Crippen LogP contribution in [0.15, 0.2) is 48.5 Å². The predicted octanol–water partition coefficient (Wildman–Crippen LogP) is 4.00. The topological polar surface area (TPSA) is 30.5 Å². The molecule has 3 rings (SSSR count). The van der Waals surface area contributed by atoms with Crippen molar-refractivity contribution < 1.29 is 13.9 Å². The molecule has 0 unspecified atom stereocenters. The van der Waals surface area contributed by atoms with Gasteiger partial charge in [-0.3, -0.25) is 0 Å². The average Bonchev–Trinajstić information content (AvgIpc) is 2.58. The predicted molar refractivity (Wildman–Crippen MR) is 95.8 cm³/mol. The normalized spacial score (nSPS) is 14.7. The van der Waals surface area contributed by atoms with Crippen LogP contribution in [0.2, 0.25) is 0 Å². The van der Waals surface area contributed by atoms with Crippen LogP contribution in [0.4, 0.5) is 4.39 Å². The lowest BCUT2D eigenvalue weighted by molar-refractivity contribution is 0.162. The molecule has 1 N–H and O–H groups in total. The van der Waals surface area contributed by atoms with E-state index >= 15 is 0 Å². The third-order valence-electron chi connectivity index (χ3n) is 3.99. The summed E-state index contributed by atoms with van der Waals surface area (Å²) in [7, 11) is 0. The number of hydrogen-bond acceptors (Lipinski definition) is 3. The average molecular weight is 352 g/mol. The maximum atomic E-state index is 13.6. The zero-order valence-electron chi connectivity index (χ0n) is 13.5. The number of hydrogen-bond donors (Lipinski definition) is 1. The van der Waals surface area contributed by atoms with Gasteiger partial charge in [0.05, 0.1) is 6.61 Å². The molecule has 0 aliphatic carbocycles. The zero-order valence-corrected chi connectivity index (χ0v) is 14.4. The molecule has 0 amide bonds. The van der Waals surface area contributed by atoms with Crippen molar-refractivity contribution in [2.45, 2.75) is 25.4 Å². The summed E-state index contributed by atoms with van der Waals surface area (Å²) in [6.45, 7) is 2.45. The molecule has 3 nitrogen and oxygen atoms in total. The second-order valence-corrected chi connectivity index (χ2v) is 5.73. The van der Waals surface area contributed by atoms with Crippen molar-refractivity contribution in [1.82, 2.24) is 5.32 Å². The largest absolute Gasteiger partial charge is 0.493 e. The van der Waals surface area contributed by atoms with E-state index in [2.05, 4.69) is 5.32 Å². The quantitative estimate of drug-likeness (QED) is 0.853. The Morgan fingerprint density at radius 3 is 2.54 bits per heavy atom. The highest BCUT2D eigenvalue weighted by Gasteiger charge is 2.14. The van der Waals surface area contributed by atoms with Crippen LogP contribution < -0.4 is 14.8 Å². The van der Waals surface area contributed by atoms with Crippen LogP contribution in [0.3, 0.4) is 0 Å². The van der Waals surface area contributed by atoms with Crippen molar-refractivity contribution in [3.05, 3.63) is 59.9 Å². The van der Waals surface area contributed by atoms with Crippen LogP contribution in [0.5, 0.6) is 11.5 Å². The van der Waals surface area contributed by atoms with Gasteiger partial charge in [-0.2, -0.15) is 0 Å². The van der Waals surface area contributed by atoms with Gasteiger partial charge in [-0.05, 0) is 49.7 Å².